The molecule has 5 nitrogen and oxygen atoms in total. The van der Waals surface area contributed by atoms with Crippen molar-refractivity contribution in [3.8, 4) is 0 Å². The van der Waals surface area contributed by atoms with Crippen LogP contribution in [0.1, 0.15) is 22.9 Å². The smallest absolute Gasteiger partial charge is 0.0951 e. The molecule has 2 N–H and O–H groups in total. The van der Waals surface area contributed by atoms with Gasteiger partial charge >= 0.3 is 0 Å². The van der Waals surface area contributed by atoms with E-state index in [1.807, 2.05) is 62.3 Å². The van der Waals surface area contributed by atoms with Gasteiger partial charge in [0.1, 0.15) is 0 Å². The van der Waals surface area contributed by atoms with Crippen LogP contribution in [0.15, 0.2) is 55.2 Å². The molecule has 0 spiro atoms. The van der Waals surface area contributed by atoms with Gasteiger partial charge in [-0.05, 0) is 5.56 Å². The first-order chi connectivity index (χ1) is 9.74. The number of nitrogens with zero attached hydrogens (tertiary/aromatic N) is 4. The normalized spacial score (nSPS) is 12.5. The van der Waals surface area contributed by atoms with E-state index in [4.69, 9.17) is 5.73 Å². The lowest BCUT2D eigenvalue weighted by Crippen LogP contribution is -2.16. The van der Waals surface area contributed by atoms with E-state index >= 15 is 0 Å². The summed E-state index contributed by atoms with van der Waals surface area (Å²) in [6.07, 6.45) is 7.49. The highest BCUT2D eigenvalue weighted by molar-refractivity contribution is 5.26. The fourth-order valence-electron chi connectivity index (χ4n) is 2.30. The van der Waals surface area contributed by atoms with Gasteiger partial charge in [-0.3, -0.25) is 4.68 Å². The quantitative estimate of drug-likeness (QED) is 0.783. The van der Waals surface area contributed by atoms with Crippen LogP contribution < -0.4 is 5.73 Å². The van der Waals surface area contributed by atoms with Crippen LogP contribution in [0.5, 0.6) is 0 Å². The van der Waals surface area contributed by atoms with Gasteiger partial charge in [0.15, 0.2) is 0 Å². The number of nitrogens with two attached hydrogens (primary N) is 1. The van der Waals surface area contributed by atoms with Crippen molar-refractivity contribution in [1.82, 2.24) is 19.3 Å². The fraction of sp³-hybridized carbons (Fsp3) is 0.200. The van der Waals surface area contributed by atoms with Gasteiger partial charge in [-0.2, -0.15) is 5.10 Å². The molecule has 0 radical (unpaired) electrons. The summed E-state index contributed by atoms with van der Waals surface area (Å²) in [6.45, 7) is 0.726. The van der Waals surface area contributed by atoms with Crippen LogP contribution >= 0.6 is 0 Å². The Morgan fingerprint density at radius 1 is 1.20 bits per heavy atom. The van der Waals surface area contributed by atoms with Gasteiger partial charge in [0.05, 0.1) is 37.0 Å². The Kier molecular flexibility index (Phi) is 3.35. The highest BCUT2D eigenvalue weighted by Crippen LogP contribution is 2.19. The molecule has 0 fully saturated rings. The van der Waals surface area contributed by atoms with Crippen molar-refractivity contribution in [3.63, 3.8) is 0 Å². The van der Waals surface area contributed by atoms with E-state index in [1.165, 1.54) is 0 Å². The van der Waals surface area contributed by atoms with E-state index in [2.05, 4.69) is 14.6 Å². The second-order valence-electron chi connectivity index (χ2n) is 4.86. The standard InChI is InChI=1S/C15H17N5/c1-19-9-12(7-18-19)10-20-11-17-8-14(20)15(16)13-5-3-2-4-6-13/h2-9,11,15H,10,16H2,1H3. The molecule has 1 unspecified atom stereocenters. The second-order valence-corrected chi connectivity index (χ2v) is 4.86. The molecule has 0 saturated carbocycles. The lowest BCUT2D eigenvalue weighted by molar-refractivity contribution is 0.694. The van der Waals surface area contributed by atoms with Crippen molar-refractivity contribution >= 4 is 0 Å². The summed E-state index contributed by atoms with van der Waals surface area (Å²) < 4.78 is 3.86. The highest BCUT2D eigenvalue weighted by Gasteiger charge is 2.13. The van der Waals surface area contributed by atoms with E-state index in [1.54, 1.807) is 4.68 Å². The molecule has 0 bridgehead atoms. The Balaban J connectivity index is 1.86. The topological polar surface area (TPSA) is 61.7 Å². The summed E-state index contributed by atoms with van der Waals surface area (Å²) in [4.78, 5) is 4.23. The maximum absolute atomic E-state index is 6.34. The minimum absolute atomic E-state index is 0.171. The van der Waals surface area contributed by atoms with Gasteiger partial charge < -0.3 is 10.3 Å². The first kappa shape index (κ1) is 12.6. The first-order valence-electron chi connectivity index (χ1n) is 6.52. The van der Waals surface area contributed by atoms with Crippen molar-refractivity contribution in [2.75, 3.05) is 0 Å². The van der Waals surface area contributed by atoms with Crippen LogP contribution in [0.2, 0.25) is 0 Å². The largest absolute Gasteiger partial charge is 0.328 e. The molecule has 0 amide bonds. The van der Waals surface area contributed by atoms with Crippen LogP contribution in [0.3, 0.4) is 0 Å². The summed E-state index contributed by atoms with van der Waals surface area (Å²) in [6, 6.07) is 9.88. The number of rotatable bonds is 4. The predicted octanol–water partition coefficient (Wildman–Crippen LogP) is 1.71. The molecule has 1 aromatic carbocycles. The fourth-order valence-corrected chi connectivity index (χ4v) is 2.30. The van der Waals surface area contributed by atoms with Crippen LogP contribution in [-0.2, 0) is 13.6 Å². The van der Waals surface area contributed by atoms with Gasteiger partial charge in [-0.1, -0.05) is 30.3 Å². The van der Waals surface area contributed by atoms with Crippen LogP contribution in [0.4, 0.5) is 0 Å². The zero-order chi connectivity index (χ0) is 13.9. The van der Waals surface area contributed by atoms with E-state index in [9.17, 15) is 0 Å². The molecule has 3 aromatic rings. The Morgan fingerprint density at radius 3 is 2.70 bits per heavy atom. The van der Waals surface area contributed by atoms with Crippen molar-refractivity contribution in [1.29, 1.82) is 0 Å². The summed E-state index contributed by atoms with van der Waals surface area (Å²) >= 11 is 0. The number of imidazole rings is 1. The van der Waals surface area contributed by atoms with Crippen molar-refractivity contribution in [3.05, 3.63) is 72.1 Å². The van der Waals surface area contributed by atoms with Crippen LogP contribution in [-0.4, -0.2) is 19.3 Å². The molecule has 0 saturated heterocycles. The number of benzene rings is 1. The molecule has 102 valence electrons. The maximum Gasteiger partial charge on any atom is 0.0951 e. The van der Waals surface area contributed by atoms with Gasteiger partial charge in [-0.25, -0.2) is 4.98 Å². The molecule has 2 aromatic heterocycles. The summed E-state index contributed by atoms with van der Waals surface area (Å²) in [5.41, 5.74) is 9.55. The molecule has 5 heteroatoms. The van der Waals surface area contributed by atoms with E-state index in [0.717, 1.165) is 23.4 Å². The molecular weight excluding hydrogens is 250 g/mol. The zero-order valence-corrected chi connectivity index (χ0v) is 11.3. The average Bonchev–Trinajstić information content (AvgIpc) is 3.09. The van der Waals surface area contributed by atoms with E-state index < -0.39 is 0 Å². The molecular formula is C15H17N5. The lowest BCUT2D eigenvalue weighted by atomic mass is 10.1. The number of hydrogen-bond donors (Lipinski definition) is 1. The molecule has 0 aliphatic carbocycles. The van der Waals surface area contributed by atoms with Crippen LogP contribution in [0, 0.1) is 0 Å². The van der Waals surface area contributed by atoms with E-state index in [0.29, 0.717) is 0 Å². The number of hydrogen-bond acceptors (Lipinski definition) is 3. The third-order valence-electron chi connectivity index (χ3n) is 3.33. The first-order valence-corrected chi connectivity index (χ1v) is 6.52. The summed E-state index contributed by atoms with van der Waals surface area (Å²) in [5.74, 6) is 0. The third-order valence-corrected chi connectivity index (χ3v) is 3.33. The maximum atomic E-state index is 6.34. The molecule has 0 aliphatic heterocycles. The van der Waals surface area contributed by atoms with Gasteiger partial charge in [0.25, 0.3) is 0 Å². The lowest BCUT2D eigenvalue weighted by Gasteiger charge is -2.14. The van der Waals surface area contributed by atoms with Gasteiger partial charge in [0, 0.05) is 18.8 Å². The van der Waals surface area contributed by atoms with Crippen molar-refractivity contribution in [2.24, 2.45) is 12.8 Å². The summed E-state index contributed by atoms with van der Waals surface area (Å²) in [5, 5.41) is 4.18. The molecule has 1 atom stereocenters. The average molecular weight is 267 g/mol. The Hall–Kier alpha value is -2.40. The van der Waals surface area contributed by atoms with Gasteiger partial charge in [-0.15, -0.1) is 0 Å². The zero-order valence-electron chi connectivity index (χ0n) is 11.3. The monoisotopic (exact) mass is 267 g/mol. The highest BCUT2D eigenvalue weighted by atomic mass is 15.2. The summed E-state index contributed by atoms with van der Waals surface area (Å²) in [7, 11) is 1.91. The molecule has 0 aliphatic rings. The molecule has 2 heterocycles. The van der Waals surface area contributed by atoms with Crippen molar-refractivity contribution < 1.29 is 0 Å². The third kappa shape index (κ3) is 2.48. The van der Waals surface area contributed by atoms with E-state index in [-0.39, 0.29) is 6.04 Å². The van der Waals surface area contributed by atoms with Gasteiger partial charge in [0.2, 0.25) is 0 Å². The molecule has 3 rings (SSSR count). The Bertz CT molecular complexity index is 683. The Morgan fingerprint density at radius 2 is 2.00 bits per heavy atom. The minimum Gasteiger partial charge on any atom is -0.328 e. The SMILES string of the molecule is Cn1cc(Cn2cncc2C(N)c2ccccc2)cn1. The Labute approximate surface area is 117 Å². The second kappa shape index (κ2) is 5.30. The number of aromatic nitrogens is 4. The molecule has 20 heavy (non-hydrogen) atoms. The van der Waals surface area contributed by atoms with Crippen LogP contribution in [0.25, 0.3) is 0 Å². The minimum atomic E-state index is -0.171. The van der Waals surface area contributed by atoms with Crippen molar-refractivity contribution in [2.45, 2.75) is 12.6 Å². The number of aryl methyl sites for hydroxylation is 1. The predicted molar refractivity (Wildman–Crippen MR) is 77.0 cm³/mol.